The van der Waals surface area contributed by atoms with Gasteiger partial charge in [-0.05, 0) is 43.9 Å². The number of nitrogens with one attached hydrogen (secondary N) is 1. The van der Waals surface area contributed by atoms with Crippen LogP contribution in [0.4, 0.5) is 0 Å². The number of aryl methyl sites for hydroxylation is 2. The van der Waals surface area contributed by atoms with Gasteiger partial charge in [0.2, 0.25) is 5.91 Å². The second-order valence-electron chi connectivity index (χ2n) is 7.47. The van der Waals surface area contributed by atoms with Gasteiger partial charge in [0, 0.05) is 30.1 Å². The number of fused-ring (bicyclic) bond motifs is 1. The van der Waals surface area contributed by atoms with E-state index >= 15 is 0 Å². The predicted molar refractivity (Wildman–Crippen MR) is 105 cm³/mol. The second-order valence-corrected chi connectivity index (χ2v) is 7.47. The second kappa shape index (κ2) is 7.54. The first-order chi connectivity index (χ1) is 13.5. The van der Waals surface area contributed by atoms with E-state index in [1.54, 1.807) is 12.3 Å². The van der Waals surface area contributed by atoms with Crippen LogP contribution in [0.5, 0.6) is 0 Å². The van der Waals surface area contributed by atoms with Crippen LogP contribution in [0.25, 0.3) is 11.0 Å². The third kappa shape index (κ3) is 3.54. The first-order valence-corrected chi connectivity index (χ1v) is 9.60. The van der Waals surface area contributed by atoms with Crippen LogP contribution in [0.15, 0.2) is 45.8 Å². The van der Waals surface area contributed by atoms with Crippen LogP contribution in [0.2, 0.25) is 0 Å². The molecule has 0 unspecified atom stereocenters. The lowest BCUT2D eigenvalue weighted by molar-refractivity contribution is -0.121. The van der Waals surface area contributed by atoms with Crippen LogP contribution in [0.1, 0.15) is 39.9 Å². The highest BCUT2D eigenvalue weighted by molar-refractivity contribution is 5.94. The Bertz CT molecular complexity index is 995. The molecule has 0 saturated carbocycles. The van der Waals surface area contributed by atoms with Crippen LogP contribution >= 0.6 is 0 Å². The third-order valence-electron chi connectivity index (χ3n) is 5.61. The SMILES string of the molecule is Cc1ccc2c(CC(=O)NC3CCN(C(=O)c4ccoc4)CC3)coc2c1C. The van der Waals surface area contributed by atoms with E-state index in [2.05, 4.69) is 11.4 Å². The first kappa shape index (κ1) is 18.3. The monoisotopic (exact) mass is 380 g/mol. The fourth-order valence-electron chi connectivity index (χ4n) is 3.77. The van der Waals surface area contributed by atoms with Crippen molar-refractivity contribution >= 4 is 22.8 Å². The maximum Gasteiger partial charge on any atom is 0.257 e. The van der Waals surface area contributed by atoms with Crippen molar-refractivity contribution in [1.82, 2.24) is 10.2 Å². The van der Waals surface area contributed by atoms with E-state index in [0.29, 0.717) is 25.1 Å². The highest BCUT2D eigenvalue weighted by Gasteiger charge is 2.25. The maximum absolute atomic E-state index is 12.5. The van der Waals surface area contributed by atoms with Crippen LogP contribution in [-0.4, -0.2) is 35.8 Å². The molecule has 3 aromatic rings. The van der Waals surface area contributed by atoms with E-state index in [9.17, 15) is 9.59 Å². The molecule has 0 atom stereocenters. The number of benzene rings is 1. The predicted octanol–water partition coefficient (Wildman–Crippen LogP) is 3.61. The maximum atomic E-state index is 12.5. The molecule has 2 aromatic heterocycles. The van der Waals surface area contributed by atoms with Crippen molar-refractivity contribution in [2.75, 3.05) is 13.1 Å². The van der Waals surface area contributed by atoms with Gasteiger partial charge in [0.25, 0.3) is 5.91 Å². The summed E-state index contributed by atoms with van der Waals surface area (Å²) >= 11 is 0. The average Bonchev–Trinajstić information content (AvgIpc) is 3.35. The van der Waals surface area contributed by atoms with Crippen LogP contribution in [-0.2, 0) is 11.2 Å². The number of carbonyl (C=O) groups is 2. The highest BCUT2D eigenvalue weighted by atomic mass is 16.3. The molecule has 6 heteroatoms. The van der Waals surface area contributed by atoms with Crippen LogP contribution in [0, 0.1) is 13.8 Å². The van der Waals surface area contributed by atoms with Gasteiger partial charge >= 0.3 is 0 Å². The summed E-state index contributed by atoms with van der Waals surface area (Å²) in [5.41, 5.74) is 4.62. The number of carbonyl (C=O) groups excluding carboxylic acids is 2. The number of likely N-dealkylation sites (tertiary alicyclic amines) is 1. The number of rotatable bonds is 4. The van der Waals surface area contributed by atoms with E-state index in [4.69, 9.17) is 8.83 Å². The van der Waals surface area contributed by atoms with Gasteiger partial charge in [-0.2, -0.15) is 0 Å². The Hall–Kier alpha value is -3.02. The molecule has 3 heterocycles. The van der Waals surface area contributed by atoms with Gasteiger partial charge in [0.05, 0.1) is 24.5 Å². The lowest BCUT2D eigenvalue weighted by Crippen LogP contribution is -2.46. The normalized spacial score (nSPS) is 15.1. The van der Waals surface area contributed by atoms with Gasteiger partial charge in [-0.1, -0.05) is 12.1 Å². The molecule has 1 aromatic carbocycles. The minimum atomic E-state index is -0.0194. The van der Waals surface area contributed by atoms with Gasteiger partial charge in [-0.25, -0.2) is 0 Å². The molecule has 0 spiro atoms. The summed E-state index contributed by atoms with van der Waals surface area (Å²) in [7, 11) is 0. The standard InChI is InChI=1S/C22H24N2O4/c1-14-3-4-19-17(13-28-21(19)15(14)2)11-20(25)23-18-5-8-24(9-6-18)22(26)16-7-10-27-12-16/h3-4,7,10,12-13,18H,5-6,8-9,11H2,1-2H3,(H,23,25). The molecule has 1 aliphatic heterocycles. The molecular formula is C22H24N2O4. The number of hydrogen-bond acceptors (Lipinski definition) is 4. The van der Waals surface area contributed by atoms with Crippen molar-refractivity contribution in [3.63, 3.8) is 0 Å². The summed E-state index contributed by atoms with van der Waals surface area (Å²) in [6.45, 7) is 5.33. The molecule has 6 nitrogen and oxygen atoms in total. The third-order valence-corrected chi connectivity index (χ3v) is 5.61. The summed E-state index contributed by atoms with van der Waals surface area (Å²) in [5.74, 6) is -0.0328. The Morgan fingerprint density at radius 2 is 1.93 bits per heavy atom. The smallest absolute Gasteiger partial charge is 0.257 e. The molecule has 0 radical (unpaired) electrons. The molecule has 1 aliphatic rings. The largest absolute Gasteiger partial charge is 0.472 e. The molecule has 28 heavy (non-hydrogen) atoms. The number of nitrogens with zero attached hydrogens (tertiary/aromatic N) is 1. The van der Waals surface area contributed by atoms with Crippen molar-refractivity contribution in [2.24, 2.45) is 0 Å². The highest BCUT2D eigenvalue weighted by Crippen LogP contribution is 2.27. The Morgan fingerprint density at radius 1 is 1.14 bits per heavy atom. The summed E-state index contributed by atoms with van der Waals surface area (Å²) in [6, 6.07) is 5.84. The zero-order valence-corrected chi connectivity index (χ0v) is 16.2. The van der Waals surface area contributed by atoms with Crippen molar-refractivity contribution in [3.8, 4) is 0 Å². The van der Waals surface area contributed by atoms with E-state index in [0.717, 1.165) is 34.9 Å². The van der Waals surface area contributed by atoms with Gasteiger partial charge in [-0.15, -0.1) is 0 Å². The van der Waals surface area contributed by atoms with Gasteiger partial charge < -0.3 is 19.1 Å². The number of amides is 2. The molecule has 4 rings (SSSR count). The molecule has 2 amide bonds. The van der Waals surface area contributed by atoms with Crippen molar-refractivity contribution < 1.29 is 18.4 Å². The zero-order chi connectivity index (χ0) is 19.7. The van der Waals surface area contributed by atoms with E-state index < -0.39 is 0 Å². The lowest BCUT2D eigenvalue weighted by Gasteiger charge is -2.32. The summed E-state index contributed by atoms with van der Waals surface area (Å²) in [4.78, 5) is 26.7. The molecule has 1 fully saturated rings. The summed E-state index contributed by atoms with van der Waals surface area (Å²) in [5, 5.41) is 4.10. The fourth-order valence-corrected chi connectivity index (χ4v) is 3.77. The Kier molecular flexibility index (Phi) is 4.94. The molecule has 0 aliphatic carbocycles. The first-order valence-electron chi connectivity index (χ1n) is 9.60. The number of piperidine rings is 1. The molecule has 146 valence electrons. The molecule has 1 N–H and O–H groups in total. The van der Waals surface area contributed by atoms with Crippen LogP contribution in [0.3, 0.4) is 0 Å². The Morgan fingerprint density at radius 3 is 2.64 bits per heavy atom. The summed E-state index contributed by atoms with van der Waals surface area (Å²) in [6.07, 6.45) is 6.45. The molecular weight excluding hydrogens is 356 g/mol. The topological polar surface area (TPSA) is 75.7 Å². The number of hydrogen-bond donors (Lipinski definition) is 1. The van der Waals surface area contributed by atoms with Crippen molar-refractivity contribution in [2.45, 2.75) is 39.2 Å². The minimum absolute atomic E-state index is 0.0134. The Balaban J connectivity index is 1.33. The number of furan rings is 2. The van der Waals surface area contributed by atoms with Gasteiger partial charge in [0.15, 0.2) is 0 Å². The summed E-state index contributed by atoms with van der Waals surface area (Å²) < 4.78 is 10.7. The quantitative estimate of drug-likeness (QED) is 0.750. The minimum Gasteiger partial charge on any atom is -0.472 e. The van der Waals surface area contributed by atoms with Crippen LogP contribution < -0.4 is 5.32 Å². The van der Waals surface area contributed by atoms with E-state index in [1.165, 1.54) is 18.1 Å². The molecule has 1 saturated heterocycles. The van der Waals surface area contributed by atoms with Crippen molar-refractivity contribution in [3.05, 3.63) is 59.2 Å². The zero-order valence-electron chi connectivity index (χ0n) is 16.2. The average molecular weight is 380 g/mol. The van der Waals surface area contributed by atoms with Gasteiger partial charge in [0.1, 0.15) is 11.8 Å². The van der Waals surface area contributed by atoms with E-state index in [1.807, 2.05) is 24.8 Å². The Labute approximate surface area is 163 Å². The van der Waals surface area contributed by atoms with Gasteiger partial charge in [-0.3, -0.25) is 9.59 Å². The molecule has 0 bridgehead atoms. The fraction of sp³-hybridized carbons (Fsp3) is 0.364. The van der Waals surface area contributed by atoms with Crippen molar-refractivity contribution in [1.29, 1.82) is 0 Å². The lowest BCUT2D eigenvalue weighted by atomic mass is 10.0. The van der Waals surface area contributed by atoms with E-state index in [-0.39, 0.29) is 17.9 Å².